The number of rotatable bonds is 6. The molecule has 0 spiro atoms. The lowest BCUT2D eigenvalue weighted by molar-refractivity contribution is 0.102. The fourth-order valence-corrected chi connectivity index (χ4v) is 3.04. The van der Waals surface area contributed by atoms with E-state index in [1.807, 2.05) is 42.5 Å². The molecule has 23 heavy (non-hydrogen) atoms. The summed E-state index contributed by atoms with van der Waals surface area (Å²) in [4.78, 5) is 12.2. The SMILES string of the molecule is O=C(Nc1ccccc1)c1ccc([C@@H]2C[C@H]2NCC2CC2)cc1. The summed E-state index contributed by atoms with van der Waals surface area (Å²) in [6.45, 7) is 1.18. The maximum absolute atomic E-state index is 12.2. The lowest BCUT2D eigenvalue weighted by Gasteiger charge is -2.07. The summed E-state index contributed by atoms with van der Waals surface area (Å²) in [6.07, 6.45) is 4.02. The van der Waals surface area contributed by atoms with Gasteiger partial charge in [-0.05, 0) is 61.6 Å². The van der Waals surface area contributed by atoms with Crippen LogP contribution in [0.5, 0.6) is 0 Å². The first-order chi connectivity index (χ1) is 11.3. The van der Waals surface area contributed by atoms with Crippen molar-refractivity contribution in [3.8, 4) is 0 Å². The number of anilines is 1. The van der Waals surface area contributed by atoms with Gasteiger partial charge >= 0.3 is 0 Å². The highest BCUT2D eigenvalue weighted by Crippen LogP contribution is 2.41. The topological polar surface area (TPSA) is 41.1 Å². The van der Waals surface area contributed by atoms with Crippen LogP contribution in [0.25, 0.3) is 0 Å². The minimum Gasteiger partial charge on any atom is -0.322 e. The maximum atomic E-state index is 12.2. The molecule has 2 atom stereocenters. The van der Waals surface area contributed by atoms with Gasteiger partial charge in [-0.15, -0.1) is 0 Å². The van der Waals surface area contributed by atoms with E-state index < -0.39 is 0 Å². The van der Waals surface area contributed by atoms with E-state index in [0.29, 0.717) is 17.5 Å². The van der Waals surface area contributed by atoms with Gasteiger partial charge in [0.05, 0.1) is 0 Å². The van der Waals surface area contributed by atoms with E-state index >= 15 is 0 Å². The van der Waals surface area contributed by atoms with Crippen molar-refractivity contribution >= 4 is 11.6 Å². The van der Waals surface area contributed by atoms with Gasteiger partial charge in [0.15, 0.2) is 0 Å². The number of hydrogen-bond acceptors (Lipinski definition) is 2. The Morgan fingerprint density at radius 3 is 2.43 bits per heavy atom. The van der Waals surface area contributed by atoms with Crippen LogP contribution < -0.4 is 10.6 Å². The predicted octanol–water partition coefficient (Wildman–Crippen LogP) is 3.79. The van der Waals surface area contributed by atoms with Gasteiger partial charge in [0.1, 0.15) is 0 Å². The van der Waals surface area contributed by atoms with Gasteiger partial charge in [-0.1, -0.05) is 30.3 Å². The first-order valence-electron chi connectivity index (χ1n) is 8.49. The summed E-state index contributed by atoms with van der Waals surface area (Å²) in [5.74, 6) is 1.50. The van der Waals surface area contributed by atoms with Gasteiger partial charge in [-0.3, -0.25) is 4.79 Å². The van der Waals surface area contributed by atoms with Crippen LogP contribution in [0.3, 0.4) is 0 Å². The Labute approximate surface area is 137 Å². The van der Waals surface area contributed by atoms with Gasteiger partial charge in [0, 0.05) is 23.2 Å². The summed E-state index contributed by atoms with van der Waals surface area (Å²) >= 11 is 0. The summed E-state index contributed by atoms with van der Waals surface area (Å²) in [5, 5.41) is 6.58. The number of carbonyl (C=O) groups excluding carboxylic acids is 1. The summed E-state index contributed by atoms with van der Waals surface area (Å²) in [6, 6.07) is 18.3. The minimum absolute atomic E-state index is 0.0537. The molecule has 2 fully saturated rings. The highest BCUT2D eigenvalue weighted by atomic mass is 16.1. The highest BCUT2D eigenvalue weighted by molar-refractivity contribution is 6.04. The zero-order valence-electron chi connectivity index (χ0n) is 13.2. The van der Waals surface area contributed by atoms with Gasteiger partial charge in [-0.2, -0.15) is 0 Å². The Morgan fingerprint density at radius 2 is 1.74 bits per heavy atom. The molecule has 2 aliphatic carbocycles. The molecule has 2 aromatic carbocycles. The smallest absolute Gasteiger partial charge is 0.255 e. The molecule has 0 radical (unpaired) electrons. The third-order valence-electron chi connectivity index (χ3n) is 4.79. The van der Waals surface area contributed by atoms with Crippen LogP contribution >= 0.6 is 0 Å². The van der Waals surface area contributed by atoms with E-state index in [-0.39, 0.29) is 5.91 Å². The zero-order chi connectivity index (χ0) is 15.6. The van der Waals surface area contributed by atoms with E-state index in [1.165, 1.54) is 31.4 Å². The fourth-order valence-electron chi connectivity index (χ4n) is 3.04. The number of hydrogen-bond donors (Lipinski definition) is 2. The Balaban J connectivity index is 1.33. The molecule has 0 saturated heterocycles. The van der Waals surface area contributed by atoms with Crippen molar-refractivity contribution in [2.45, 2.75) is 31.2 Å². The molecule has 1 amide bonds. The van der Waals surface area contributed by atoms with Crippen molar-refractivity contribution < 1.29 is 4.79 Å². The number of benzene rings is 2. The van der Waals surface area contributed by atoms with Gasteiger partial charge in [0.25, 0.3) is 5.91 Å². The summed E-state index contributed by atoms with van der Waals surface area (Å²) in [7, 11) is 0. The number of carbonyl (C=O) groups is 1. The zero-order valence-corrected chi connectivity index (χ0v) is 13.2. The van der Waals surface area contributed by atoms with Crippen LogP contribution in [-0.4, -0.2) is 18.5 Å². The molecule has 3 heteroatoms. The molecule has 0 bridgehead atoms. The lowest BCUT2D eigenvalue weighted by Crippen LogP contribution is -2.20. The Kier molecular flexibility index (Phi) is 3.88. The molecular formula is C20H22N2O. The number of amides is 1. The average molecular weight is 306 g/mol. The first-order valence-corrected chi connectivity index (χ1v) is 8.49. The number of para-hydroxylation sites is 1. The molecule has 2 aliphatic rings. The Bertz CT molecular complexity index is 677. The second-order valence-electron chi connectivity index (χ2n) is 6.74. The van der Waals surface area contributed by atoms with E-state index in [2.05, 4.69) is 22.8 Å². The van der Waals surface area contributed by atoms with Crippen molar-refractivity contribution in [2.24, 2.45) is 5.92 Å². The van der Waals surface area contributed by atoms with Crippen LogP contribution in [0.2, 0.25) is 0 Å². The minimum atomic E-state index is -0.0537. The van der Waals surface area contributed by atoms with Gasteiger partial charge < -0.3 is 10.6 Å². The molecule has 4 rings (SSSR count). The third kappa shape index (κ3) is 3.62. The molecule has 2 aromatic rings. The Hall–Kier alpha value is -2.13. The number of nitrogens with one attached hydrogen (secondary N) is 2. The summed E-state index contributed by atoms with van der Waals surface area (Å²) < 4.78 is 0. The molecule has 118 valence electrons. The van der Waals surface area contributed by atoms with E-state index in [9.17, 15) is 4.79 Å². The first kappa shape index (κ1) is 14.5. The molecule has 3 nitrogen and oxygen atoms in total. The van der Waals surface area contributed by atoms with E-state index in [1.54, 1.807) is 0 Å². The highest BCUT2D eigenvalue weighted by Gasteiger charge is 2.38. The summed E-state index contributed by atoms with van der Waals surface area (Å²) in [5.41, 5.74) is 2.88. The van der Waals surface area contributed by atoms with Crippen LogP contribution in [0, 0.1) is 5.92 Å². The molecule has 0 heterocycles. The Morgan fingerprint density at radius 1 is 1.00 bits per heavy atom. The third-order valence-corrected chi connectivity index (χ3v) is 4.79. The van der Waals surface area contributed by atoms with E-state index in [4.69, 9.17) is 0 Å². The van der Waals surface area contributed by atoms with Crippen molar-refractivity contribution in [1.82, 2.24) is 5.32 Å². The van der Waals surface area contributed by atoms with Crippen molar-refractivity contribution in [3.63, 3.8) is 0 Å². The quantitative estimate of drug-likeness (QED) is 0.852. The normalized spacial score (nSPS) is 22.6. The second-order valence-corrected chi connectivity index (χ2v) is 6.74. The second kappa shape index (κ2) is 6.17. The lowest BCUT2D eigenvalue weighted by atomic mass is 10.1. The van der Waals surface area contributed by atoms with Crippen LogP contribution in [0.1, 0.15) is 41.1 Å². The standard InChI is InChI=1S/C20H22N2O/c23-20(22-17-4-2-1-3-5-17)16-10-8-15(9-11-16)18-12-19(18)21-13-14-6-7-14/h1-5,8-11,14,18-19,21H,6-7,12-13H2,(H,22,23)/t18-,19+/m0/s1. The average Bonchev–Trinajstić information content (AvgIpc) is 3.48. The molecule has 0 unspecified atom stereocenters. The van der Waals surface area contributed by atoms with Gasteiger partial charge in [-0.25, -0.2) is 0 Å². The predicted molar refractivity (Wildman–Crippen MR) is 92.7 cm³/mol. The molecule has 0 aliphatic heterocycles. The van der Waals surface area contributed by atoms with Gasteiger partial charge in [0.2, 0.25) is 0 Å². The molecule has 2 N–H and O–H groups in total. The van der Waals surface area contributed by atoms with Crippen molar-refractivity contribution in [1.29, 1.82) is 0 Å². The van der Waals surface area contributed by atoms with Crippen LogP contribution in [0.4, 0.5) is 5.69 Å². The largest absolute Gasteiger partial charge is 0.322 e. The monoisotopic (exact) mass is 306 g/mol. The van der Waals surface area contributed by atoms with Crippen LogP contribution in [-0.2, 0) is 0 Å². The van der Waals surface area contributed by atoms with E-state index in [0.717, 1.165) is 11.6 Å². The molecule has 2 saturated carbocycles. The molecule has 0 aromatic heterocycles. The van der Waals surface area contributed by atoms with Crippen LogP contribution in [0.15, 0.2) is 54.6 Å². The maximum Gasteiger partial charge on any atom is 0.255 e. The molecular weight excluding hydrogens is 284 g/mol. The van der Waals surface area contributed by atoms with Crippen molar-refractivity contribution in [2.75, 3.05) is 11.9 Å². The fraction of sp³-hybridized carbons (Fsp3) is 0.350. The van der Waals surface area contributed by atoms with Crippen molar-refractivity contribution in [3.05, 3.63) is 65.7 Å².